The lowest BCUT2D eigenvalue weighted by atomic mass is 10.2. The van der Waals surface area contributed by atoms with E-state index >= 15 is 0 Å². The molecule has 5 nitrogen and oxygen atoms in total. The zero-order chi connectivity index (χ0) is 18.1. The Balaban J connectivity index is 1.80. The molecule has 0 radical (unpaired) electrons. The number of likely N-dealkylation sites (N-methyl/N-ethyl adjacent to an activating group) is 1. The quantitative estimate of drug-likeness (QED) is 0.636. The molecule has 2 amide bonds. The maximum atomic E-state index is 12.1. The normalized spacial score (nSPS) is 10.7. The van der Waals surface area contributed by atoms with Gasteiger partial charge in [-0.1, -0.05) is 6.07 Å². The van der Waals surface area contributed by atoms with Gasteiger partial charge in [-0.05, 0) is 49.6 Å². The highest BCUT2D eigenvalue weighted by atomic mass is 32.1. The summed E-state index contributed by atoms with van der Waals surface area (Å²) in [6.45, 7) is 8.00. The summed E-state index contributed by atoms with van der Waals surface area (Å²) in [7, 11) is 0. The van der Waals surface area contributed by atoms with Crippen LogP contribution in [-0.4, -0.2) is 38.0 Å². The van der Waals surface area contributed by atoms with Gasteiger partial charge in [0.05, 0.1) is 32.6 Å². The molecule has 0 aliphatic rings. The molecule has 1 heterocycles. The van der Waals surface area contributed by atoms with Crippen LogP contribution in [0.5, 0.6) is 0 Å². The molecular weight excluding hydrogens is 334 g/mol. The Morgan fingerprint density at radius 2 is 1.80 bits per heavy atom. The Labute approximate surface area is 153 Å². The second kappa shape index (κ2) is 9.96. The summed E-state index contributed by atoms with van der Waals surface area (Å²) >= 11 is 1.57. The van der Waals surface area contributed by atoms with Crippen LogP contribution in [0.15, 0.2) is 41.8 Å². The minimum Gasteiger partial charge on any atom is -0.346 e. The maximum absolute atomic E-state index is 12.1. The Bertz CT molecular complexity index is 664. The Morgan fingerprint density at radius 1 is 1.08 bits per heavy atom. The number of carbonyl (C=O) groups excluding carboxylic acids is 2. The molecule has 0 atom stereocenters. The summed E-state index contributed by atoms with van der Waals surface area (Å²) in [5.74, 6) is -0.134. The lowest BCUT2D eigenvalue weighted by Crippen LogP contribution is -3.12. The summed E-state index contributed by atoms with van der Waals surface area (Å²) in [6, 6.07) is 10.9. The first-order valence-corrected chi connectivity index (χ1v) is 9.54. The summed E-state index contributed by atoms with van der Waals surface area (Å²) in [5, 5.41) is 7.75. The van der Waals surface area contributed by atoms with E-state index in [1.54, 1.807) is 35.6 Å². The van der Waals surface area contributed by atoms with E-state index in [0.717, 1.165) is 24.5 Å². The van der Waals surface area contributed by atoms with Gasteiger partial charge in [0.15, 0.2) is 0 Å². The van der Waals surface area contributed by atoms with Crippen molar-refractivity contribution in [2.75, 3.05) is 31.5 Å². The van der Waals surface area contributed by atoms with Crippen molar-refractivity contribution in [2.24, 2.45) is 0 Å². The van der Waals surface area contributed by atoms with Crippen LogP contribution in [0, 0.1) is 0 Å². The molecule has 134 valence electrons. The van der Waals surface area contributed by atoms with Gasteiger partial charge < -0.3 is 15.5 Å². The molecule has 0 aliphatic carbocycles. The second-order valence-electron chi connectivity index (χ2n) is 5.84. The van der Waals surface area contributed by atoms with E-state index < -0.39 is 0 Å². The monoisotopic (exact) mass is 360 g/mol. The second-order valence-corrected chi connectivity index (χ2v) is 6.88. The van der Waals surface area contributed by atoms with Crippen LogP contribution < -0.4 is 15.5 Å². The number of hydrogen-bond acceptors (Lipinski definition) is 3. The molecule has 2 rings (SSSR count). The van der Waals surface area contributed by atoms with Crippen molar-refractivity contribution in [3.05, 3.63) is 52.2 Å². The van der Waals surface area contributed by atoms with E-state index in [2.05, 4.69) is 24.5 Å². The molecular formula is C19H26N3O2S+. The summed E-state index contributed by atoms with van der Waals surface area (Å²) in [5.41, 5.74) is 1.30. The van der Waals surface area contributed by atoms with Crippen LogP contribution in [0.2, 0.25) is 0 Å². The summed E-state index contributed by atoms with van der Waals surface area (Å²) in [6.07, 6.45) is 0.369. The zero-order valence-electron chi connectivity index (χ0n) is 14.8. The Hall–Kier alpha value is -2.18. The van der Waals surface area contributed by atoms with E-state index in [1.807, 2.05) is 17.5 Å². The van der Waals surface area contributed by atoms with Gasteiger partial charge in [-0.2, -0.15) is 0 Å². The molecule has 0 saturated heterocycles. The fourth-order valence-corrected chi connectivity index (χ4v) is 3.24. The average Bonchev–Trinajstić information content (AvgIpc) is 3.12. The minimum absolute atomic E-state index is 0.0538. The van der Waals surface area contributed by atoms with E-state index in [4.69, 9.17) is 0 Å². The fourth-order valence-electron chi connectivity index (χ4n) is 2.54. The van der Waals surface area contributed by atoms with Crippen LogP contribution in [0.4, 0.5) is 5.69 Å². The lowest BCUT2D eigenvalue weighted by molar-refractivity contribution is -0.895. The third-order valence-electron chi connectivity index (χ3n) is 4.11. The number of benzene rings is 1. The van der Waals surface area contributed by atoms with E-state index in [9.17, 15) is 9.59 Å². The van der Waals surface area contributed by atoms with Gasteiger partial charge in [0.25, 0.3) is 5.91 Å². The van der Waals surface area contributed by atoms with Crippen molar-refractivity contribution >= 4 is 28.8 Å². The molecule has 0 saturated carbocycles. The van der Waals surface area contributed by atoms with Gasteiger partial charge in [0.1, 0.15) is 0 Å². The van der Waals surface area contributed by atoms with Crippen LogP contribution in [0.3, 0.4) is 0 Å². The molecule has 0 unspecified atom stereocenters. The summed E-state index contributed by atoms with van der Waals surface area (Å²) in [4.78, 5) is 26.6. The molecule has 1 aromatic carbocycles. The van der Waals surface area contributed by atoms with Gasteiger partial charge in [0.2, 0.25) is 5.91 Å². The van der Waals surface area contributed by atoms with Gasteiger partial charge in [-0.3, -0.25) is 9.59 Å². The predicted octanol–water partition coefficient (Wildman–Crippen LogP) is 1.58. The van der Waals surface area contributed by atoms with Crippen molar-refractivity contribution in [1.29, 1.82) is 0 Å². The molecule has 6 heteroatoms. The molecule has 1 aromatic heterocycles. The van der Waals surface area contributed by atoms with Crippen molar-refractivity contribution in [1.82, 2.24) is 5.32 Å². The number of amides is 2. The number of nitrogens with one attached hydrogen (secondary N) is 3. The lowest BCUT2D eigenvalue weighted by Gasteiger charge is -2.15. The number of hydrogen-bond donors (Lipinski definition) is 3. The average molecular weight is 361 g/mol. The Morgan fingerprint density at radius 3 is 2.40 bits per heavy atom. The molecule has 0 fully saturated rings. The van der Waals surface area contributed by atoms with Gasteiger partial charge in [-0.15, -0.1) is 11.3 Å². The smallest absolute Gasteiger partial charge is 0.251 e. The van der Waals surface area contributed by atoms with Crippen molar-refractivity contribution in [3.8, 4) is 0 Å². The topological polar surface area (TPSA) is 62.6 Å². The maximum Gasteiger partial charge on any atom is 0.251 e. The number of thiophene rings is 1. The highest BCUT2D eigenvalue weighted by molar-refractivity contribution is 7.10. The summed E-state index contributed by atoms with van der Waals surface area (Å²) < 4.78 is 0. The fraction of sp³-hybridized carbons (Fsp3) is 0.368. The highest BCUT2D eigenvalue weighted by Gasteiger charge is 2.09. The first-order valence-electron chi connectivity index (χ1n) is 8.66. The van der Waals surface area contributed by atoms with Crippen LogP contribution in [-0.2, 0) is 11.2 Å². The van der Waals surface area contributed by atoms with Crippen molar-refractivity contribution in [2.45, 2.75) is 20.3 Å². The molecule has 0 bridgehead atoms. The Kier molecular flexibility index (Phi) is 7.63. The molecule has 25 heavy (non-hydrogen) atoms. The number of quaternary nitrogens is 1. The standard InChI is InChI=1S/C19H25N3O2S/c1-3-22(4-2)12-11-20-19(24)15-7-9-16(10-8-15)21-18(23)14-17-6-5-13-25-17/h5-10,13H,3-4,11-12,14H2,1-2H3,(H,20,24)(H,21,23)/p+1. The van der Waals surface area contributed by atoms with E-state index in [1.165, 1.54) is 4.90 Å². The molecule has 0 aliphatic heterocycles. The SMILES string of the molecule is CC[NH+](CC)CCNC(=O)c1ccc(NC(=O)Cc2cccs2)cc1. The van der Waals surface area contributed by atoms with E-state index in [0.29, 0.717) is 24.2 Å². The largest absolute Gasteiger partial charge is 0.346 e. The number of carbonyl (C=O) groups is 2. The van der Waals surface area contributed by atoms with Gasteiger partial charge in [-0.25, -0.2) is 0 Å². The van der Waals surface area contributed by atoms with E-state index in [-0.39, 0.29) is 11.8 Å². The predicted molar refractivity (Wildman–Crippen MR) is 102 cm³/mol. The minimum atomic E-state index is -0.0805. The molecule has 2 aromatic rings. The van der Waals surface area contributed by atoms with Gasteiger partial charge in [0, 0.05) is 16.1 Å². The van der Waals surface area contributed by atoms with Crippen LogP contribution in [0.25, 0.3) is 0 Å². The third-order valence-corrected chi connectivity index (χ3v) is 4.99. The van der Waals surface area contributed by atoms with Crippen molar-refractivity contribution in [3.63, 3.8) is 0 Å². The van der Waals surface area contributed by atoms with Crippen LogP contribution >= 0.6 is 11.3 Å². The number of anilines is 1. The number of rotatable bonds is 9. The first kappa shape index (κ1) is 19.1. The highest BCUT2D eigenvalue weighted by Crippen LogP contribution is 2.13. The first-order chi connectivity index (χ1) is 12.1. The third kappa shape index (κ3) is 6.32. The van der Waals surface area contributed by atoms with Gasteiger partial charge >= 0.3 is 0 Å². The van der Waals surface area contributed by atoms with Crippen LogP contribution in [0.1, 0.15) is 29.1 Å². The van der Waals surface area contributed by atoms with Crippen molar-refractivity contribution < 1.29 is 14.5 Å². The molecule has 0 spiro atoms. The molecule has 3 N–H and O–H groups in total. The zero-order valence-corrected chi connectivity index (χ0v) is 15.6.